The van der Waals surface area contributed by atoms with Crippen molar-refractivity contribution < 1.29 is 14.3 Å². The zero-order valence-corrected chi connectivity index (χ0v) is 18.1. The average molecular weight is 427 g/mol. The number of nitrogens with one attached hydrogen (secondary N) is 1. The lowest BCUT2D eigenvalue weighted by Crippen LogP contribution is -2.48. The van der Waals surface area contributed by atoms with Crippen LogP contribution < -0.4 is 19.7 Å². The minimum absolute atomic E-state index is 0.0306. The van der Waals surface area contributed by atoms with Crippen LogP contribution in [0, 0.1) is 0 Å². The second kappa shape index (κ2) is 9.32. The van der Waals surface area contributed by atoms with Crippen LogP contribution in [0.15, 0.2) is 42.5 Å². The molecule has 30 heavy (non-hydrogen) atoms. The third-order valence-corrected chi connectivity index (χ3v) is 6.03. The third kappa shape index (κ3) is 4.83. The van der Waals surface area contributed by atoms with Gasteiger partial charge in [0.1, 0.15) is 11.5 Å². The van der Waals surface area contributed by atoms with E-state index in [1.807, 2.05) is 37.3 Å². The van der Waals surface area contributed by atoms with Crippen molar-refractivity contribution in [3.63, 3.8) is 0 Å². The van der Waals surface area contributed by atoms with E-state index in [-0.39, 0.29) is 5.91 Å². The molecular weight excluding hydrogens is 400 g/mol. The topological polar surface area (TPSA) is 66.9 Å². The molecule has 0 bridgehead atoms. The standard InChI is InChI=1S/C22H26N4O3S/c1-3-29-18-8-9-19-20(14-18)30-22(23-19)24-21(27)15-25-10-12-26(13-11-25)16-4-6-17(28-2)7-5-16/h4-9,14H,3,10-13,15H2,1-2H3,(H,23,24,27). The maximum Gasteiger partial charge on any atom is 0.240 e. The number of ether oxygens (including phenoxy) is 2. The van der Waals surface area contributed by atoms with E-state index in [4.69, 9.17) is 9.47 Å². The van der Waals surface area contributed by atoms with Gasteiger partial charge in [0.25, 0.3) is 0 Å². The molecule has 0 saturated carbocycles. The van der Waals surface area contributed by atoms with Crippen LogP contribution in [0.3, 0.4) is 0 Å². The highest BCUT2D eigenvalue weighted by molar-refractivity contribution is 7.22. The maximum absolute atomic E-state index is 12.5. The monoisotopic (exact) mass is 426 g/mol. The molecule has 1 N–H and O–H groups in total. The van der Waals surface area contributed by atoms with E-state index in [0.29, 0.717) is 18.3 Å². The van der Waals surface area contributed by atoms with Crippen molar-refractivity contribution in [3.8, 4) is 11.5 Å². The number of nitrogens with zero attached hydrogens (tertiary/aromatic N) is 3. The van der Waals surface area contributed by atoms with Crippen LogP contribution >= 0.6 is 11.3 Å². The highest BCUT2D eigenvalue weighted by Crippen LogP contribution is 2.29. The minimum atomic E-state index is -0.0306. The van der Waals surface area contributed by atoms with Crippen molar-refractivity contribution in [3.05, 3.63) is 42.5 Å². The third-order valence-electron chi connectivity index (χ3n) is 5.09. The summed E-state index contributed by atoms with van der Waals surface area (Å²) in [6.45, 7) is 6.42. The van der Waals surface area contributed by atoms with Crippen LogP contribution in [-0.2, 0) is 4.79 Å². The zero-order chi connectivity index (χ0) is 20.9. The van der Waals surface area contributed by atoms with Gasteiger partial charge in [0.05, 0.1) is 30.5 Å². The molecule has 3 aromatic rings. The summed E-state index contributed by atoms with van der Waals surface area (Å²) in [7, 11) is 1.67. The van der Waals surface area contributed by atoms with Crippen molar-refractivity contribution in [2.75, 3.05) is 56.7 Å². The quantitative estimate of drug-likeness (QED) is 0.624. The fraction of sp³-hybridized carbons (Fsp3) is 0.364. The van der Waals surface area contributed by atoms with Crippen molar-refractivity contribution >= 4 is 38.3 Å². The van der Waals surface area contributed by atoms with Crippen LogP contribution in [0.1, 0.15) is 6.92 Å². The molecule has 158 valence electrons. The predicted molar refractivity (Wildman–Crippen MR) is 121 cm³/mol. The molecule has 8 heteroatoms. The molecular formula is C22H26N4O3S. The first kappa shape index (κ1) is 20.4. The van der Waals surface area contributed by atoms with E-state index in [1.165, 1.54) is 17.0 Å². The number of hydrogen-bond donors (Lipinski definition) is 1. The summed E-state index contributed by atoms with van der Waals surface area (Å²) in [5.41, 5.74) is 2.05. The molecule has 2 heterocycles. The Kier molecular flexibility index (Phi) is 6.35. The average Bonchev–Trinajstić information content (AvgIpc) is 3.16. The lowest BCUT2D eigenvalue weighted by molar-refractivity contribution is -0.117. The van der Waals surface area contributed by atoms with Crippen molar-refractivity contribution in [1.29, 1.82) is 0 Å². The lowest BCUT2D eigenvalue weighted by Gasteiger charge is -2.35. The second-order valence-corrected chi connectivity index (χ2v) is 8.12. The molecule has 0 unspecified atom stereocenters. The molecule has 7 nitrogen and oxygen atoms in total. The van der Waals surface area contributed by atoms with Gasteiger partial charge in [-0.1, -0.05) is 11.3 Å². The number of carbonyl (C=O) groups excluding carboxylic acids is 1. The summed E-state index contributed by atoms with van der Waals surface area (Å²) in [5.74, 6) is 1.65. The molecule has 1 aliphatic rings. The smallest absolute Gasteiger partial charge is 0.240 e. The Hall–Kier alpha value is -2.84. The Balaban J connectivity index is 1.29. The van der Waals surface area contributed by atoms with Gasteiger partial charge in [-0.15, -0.1) is 0 Å². The Morgan fingerprint density at radius 3 is 2.53 bits per heavy atom. The number of aromatic nitrogens is 1. The van der Waals surface area contributed by atoms with Gasteiger partial charge in [0, 0.05) is 31.9 Å². The molecule has 1 saturated heterocycles. The molecule has 1 aromatic heterocycles. The summed E-state index contributed by atoms with van der Waals surface area (Å²) >= 11 is 1.47. The first-order valence-electron chi connectivity index (χ1n) is 10.1. The normalized spacial score (nSPS) is 14.7. The highest BCUT2D eigenvalue weighted by Gasteiger charge is 2.20. The summed E-state index contributed by atoms with van der Waals surface area (Å²) in [4.78, 5) is 21.5. The fourth-order valence-corrected chi connectivity index (χ4v) is 4.44. The number of hydrogen-bond acceptors (Lipinski definition) is 7. The largest absolute Gasteiger partial charge is 0.497 e. The van der Waals surface area contributed by atoms with Crippen LogP contribution in [0.2, 0.25) is 0 Å². The van der Waals surface area contributed by atoms with Gasteiger partial charge in [0.2, 0.25) is 5.91 Å². The second-order valence-electron chi connectivity index (χ2n) is 7.09. The van der Waals surface area contributed by atoms with E-state index >= 15 is 0 Å². The SMILES string of the molecule is CCOc1ccc2nc(NC(=O)CN3CCN(c4ccc(OC)cc4)CC3)sc2c1. The Bertz CT molecular complexity index is 997. The molecule has 4 rings (SSSR count). The van der Waals surface area contributed by atoms with Gasteiger partial charge >= 0.3 is 0 Å². The minimum Gasteiger partial charge on any atom is -0.497 e. The number of methoxy groups -OCH3 is 1. The van der Waals surface area contributed by atoms with Gasteiger partial charge in [0.15, 0.2) is 5.13 Å². The summed E-state index contributed by atoms with van der Waals surface area (Å²) in [5, 5.41) is 3.57. The number of carbonyl (C=O) groups is 1. The lowest BCUT2D eigenvalue weighted by atomic mass is 10.2. The summed E-state index contributed by atoms with van der Waals surface area (Å²) < 4.78 is 11.8. The summed E-state index contributed by atoms with van der Waals surface area (Å²) in [6, 6.07) is 13.9. The maximum atomic E-state index is 12.5. The number of benzene rings is 2. The summed E-state index contributed by atoms with van der Waals surface area (Å²) in [6.07, 6.45) is 0. The van der Waals surface area contributed by atoms with Crippen LogP contribution in [0.4, 0.5) is 10.8 Å². The first-order valence-corrected chi connectivity index (χ1v) is 10.9. The number of rotatable bonds is 7. The van der Waals surface area contributed by atoms with Crippen LogP contribution in [0.25, 0.3) is 10.2 Å². The van der Waals surface area contributed by atoms with Gasteiger partial charge in [-0.05, 0) is 49.4 Å². The number of fused-ring (bicyclic) bond motifs is 1. The van der Waals surface area contributed by atoms with Gasteiger partial charge in [-0.2, -0.15) is 0 Å². The molecule has 0 atom stereocenters. The molecule has 0 radical (unpaired) electrons. The van der Waals surface area contributed by atoms with Crippen molar-refractivity contribution in [2.24, 2.45) is 0 Å². The van der Waals surface area contributed by atoms with Crippen molar-refractivity contribution in [1.82, 2.24) is 9.88 Å². The highest BCUT2D eigenvalue weighted by atomic mass is 32.1. The molecule has 0 spiro atoms. The number of piperazine rings is 1. The molecule has 0 aliphatic carbocycles. The predicted octanol–water partition coefficient (Wildman–Crippen LogP) is 3.46. The van der Waals surface area contributed by atoms with Crippen LogP contribution in [-0.4, -0.2) is 62.2 Å². The van der Waals surface area contributed by atoms with E-state index < -0.39 is 0 Å². The first-order chi connectivity index (χ1) is 14.6. The van der Waals surface area contributed by atoms with Gasteiger partial charge < -0.3 is 19.7 Å². The van der Waals surface area contributed by atoms with Crippen molar-refractivity contribution in [2.45, 2.75) is 6.92 Å². The zero-order valence-electron chi connectivity index (χ0n) is 17.3. The molecule has 1 aliphatic heterocycles. The Morgan fingerprint density at radius 1 is 1.10 bits per heavy atom. The van der Waals surface area contributed by atoms with E-state index in [0.717, 1.165) is 47.9 Å². The molecule has 1 amide bonds. The number of amides is 1. The van der Waals surface area contributed by atoms with E-state index in [1.54, 1.807) is 7.11 Å². The Morgan fingerprint density at radius 2 is 1.83 bits per heavy atom. The molecule has 1 fully saturated rings. The van der Waals surface area contributed by atoms with Gasteiger partial charge in [-0.25, -0.2) is 4.98 Å². The van der Waals surface area contributed by atoms with E-state index in [2.05, 4.69) is 32.2 Å². The number of anilines is 2. The van der Waals surface area contributed by atoms with Gasteiger partial charge in [-0.3, -0.25) is 9.69 Å². The Labute approximate surface area is 180 Å². The van der Waals surface area contributed by atoms with Crippen LogP contribution in [0.5, 0.6) is 11.5 Å². The number of thiazole rings is 1. The molecule has 2 aromatic carbocycles. The fourth-order valence-electron chi connectivity index (χ4n) is 3.53. The van der Waals surface area contributed by atoms with E-state index in [9.17, 15) is 4.79 Å².